The molecule has 0 bridgehead atoms. The predicted octanol–water partition coefficient (Wildman–Crippen LogP) is 0.907. The molecule has 112 valence electrons. The van der Waals surface area contributed by atoms with E-state index in [1.807, 2.05) is 7.05 Å². The number of nitrogens with one attached hydrogen (secondary N) is 1. The van der Waals surface area contributed by atoms with Crippen LogP contribution >= 0.6 is 0 Å². The van der Waals surface area contributed by atoms with Gasteiger partial charge in [0.2, 0.25) is 0 Å². The van der Waals surface area contributed by atoms with E-state index < -0.39 is 0 Å². The van der Waals surface area contributed by atoms with Crippen LogP contribution in [0.1, 0.15) is 38.5 Å². The van der Waals surface area contributed by atoms with Gasteiger partial charge in [0.05, 0.1) is 6.61 Å². The van der Waals surface area contributed by atoms with Crippen molar-refractivity contribution in [2.75, 3.05) is 46.9 Å². The Hall–Kier alpha value is -0.160. The van der Waals surface area contributed by atoms with Crippen molar-refractivity contribution in [3.8, 4) is 0 Å². The van der Waals surface area contributed by atoms with Gasteiger partial charge in [-0.15, -0.1) is 0 Å². The van der Waals surface area contributed by atoms with Crippen molar-refractivity contribution in [1.82, 2.24) is 15.1 Å². The van der Waals surface area contributed by atoms with E-state index >= 15 is 0 Å². The Morgan fingerprint density at radius 3 is 2.68 bits per heavy atom. The summed E-state index contributed by atoms with van der Waals surface area (Å²) in [4.78, 5) is 5.09. The molecule has 2 aliphatic rings. The van der Waals surface area contributed by atoms with Crippen molar-refractivity contribution >= 4 is 0 Å². The molecule has 1 aliphatic heterocycles. The van der Waals surface area contributed by atoms with Crippen LogP contribution in [0.3, 0.4) is 0 Å². The zero-order valence-electron chi connectivity index (χ0n) is 12.7. The lowest BCUT2D eigenvalue weighted by Gasteiger charge is -2.43. The lowest BCUT2D eigenvalue weighted by molar-refractivity contribution is 0.0713. The number of likely N-dealkylation sites (N-methyl/N-ethyl adjacent to an activating group) is 2. The molecule has 0 aromatic heterocycles. The quantitative estimate of drug-likeness (QED) is 0.752. The monoisotopic (exact) mass is 269 g/mol. The molecule has 0 aromatic rings. The van der Waals surface area contributed by atoms with Crippen LogP contribution in [0.5, 0.6) is 0 Å². The van der Waals surface area contributed by atoms with Crippen LogP contribution in [-0.2, 0) is 0 Å². The summed E-state index contributed by atoms with van der Waals surface area (Å²) in [5.41, 5.74) is -0.0369. The topological polar surface area (TPSA) is 38.7 Å². The van der Waals surface area contributed by atoms with Crippen LogP contribution in [0.2, 0.25) is 0 Å². The van der Waals surface area contributed by atoms with Gasteiger partial charge in [0.1, 0.15) is 0 Å². The molecular weight excluding hydrogens is 238 g/mol. The first-order valence-corrected chi connectivity index (χ1v) is 7.91. The van der Waals surface area contributed by atoms with Gasteiger partial charge in [-0.25, -0.2) is 0 Å². The van der Waals surface area contributed by atoms with Crippen molar-refractivity contribution in [3.05, 3.63) is 0 Å². The number of likely N-dealkylation sites (tertiary alicyclic amines) is 1. The highest BCUT2D eigenvalue weighted by Gasteiger charge is 2.35. The highest BCUT2D eigenvalue weighted by Crippen LogP contribution is 2.30. The van der Waals surface area contributed by atoms with Crippen molar-refractivity contribution in [2.45, 2.75) is 50.1 Å². The first-order chi connectivity index (χ1) is 9.19. The summed E-state index contributed by atoms with van der Waals surface area (Å²) in [5, 5.41) is 13.0. The van der Waals surface area contributed by atoms with E-state index in [1.54, 1.807) is 0 Å². The predicted molar refractivity (Wildman–Crippen MR) is 79.4 cm³/mol. The van der Waals surface area contributed by atoms with Gasteiger partial charge < -0.3 is 20.2 Å². The third-order valence-corrected chi connectivity index (χ3v) is 5.24. The Morgan fingerprint density at radius 1 is 1.32 bits per heavy atom. The minimum absolute atomic E-state index is 0.0369. The van der Waals surface area contributed by atoms with E-state index in [0.717, 1.165) is 19.4 Å². The lowest BCUT2D eigenvalue weighted by atomic mass is 9.79. The molecule has 0 radical (unpaired) electrons. The van der Waals surface area contributed by atoms with Crippen LogP contribution in [0, 0.1) is 0 Å². The Balaban J connectivity index is 1.79. The molecule has 1 aliphatic carbocycles. The standard InChI is InChI=1S/C15H31N3O/c1-16-15(13-19)7-5-6-14(12-15)17(2)10-11-18-8-3-4-9-18/h14,16,19H,3-13H2,1-2H3. The molecule has 2 N–H and O–H groups in total. The fourth-order valence-electron chi connectivity index (χ4n) is 3.65. The molecule has 1 heterocycles. The number of hydrogen-bond donors (Lipinski definition) is 2. The first-order valence-electron chi connectivity index (χ1n) is 7.91. The summed E-state index contributed by atoms with van der Waals surface area (Å²) in [5.74, 6) is 0. The van der Waals surface area contributed by atoms with Gasteiger partial charge in [0.25, 0.3) is 0 Å². The third kappa shape index (κ3) is 3.91. The SMILES string of the molecule is CNC1(CO)CCCC(N(C)CCN2CCCC2)C1. The summed E-state index contributed by atoms with van der Waals surface area (Å²) in [6, 6.07) is 0.621. The fourth-order valence-corrected chi connectivity index (χ4v) is 3.65. The largest absolute Gasteiger partial charge is 0.394 e. The van der Waals surface area contributed by atoms with E-state index in [-0.39, 0.29) is 12.1 Å². The third-order valence-electron chi connectivity index (χ3n) is 5.24. The molecule has 2 fully saturated rings. The van der Waals surface area contributed by atoms with Crippen LogP contribution in [0.15, 0.2) is 0 Å². The van der Waals surface area contributed by atoms with Crippen LogP contribution in [0.25, 0.3) is 0 Å². The fraction of sp³-hybridized carbons (Fsp3) is 1.00. The Bertz CT molecular complexity index is 262. The molecule has 0 amide bonds. The maximum Gasteiger partial charge on any atom is 0.0613 e. The summed E-state index contributed by atoms with van der Waals surface area (Å²) in [6.45, 7) is 5.21. The van der Waals surface area contributed by atoms with Gasteiger partial charge in [-0.1, -0.05) is 0 Å². The molecule has 1 saturated carbocycles. The average Bonchev–Trinajstić information content (AvgIpc) is 2.98. The average molecular weight is 269 g/mol. The number of aliphatic hydroxyl groups is 1. The molecule has 19 heavy (non-hydrogen) atoms. The molecule has 1 saturated heterocycles. The molecule has 4 nitrogen and oxygen atoms in total. The summed E-state index contributed by atoms with van der Waals surface area (Å²) >= 11 is 0. The molecule has 4 heteroatoms. The van der Waals surface area contributed by atoms with Crippen LogP contribution in [0.4, 0.5) is 0 Å². The van der Waals surface area contributed by atoms with Crippen LogP contribution < -0.4 is 5.32 Å². The maximum absolute atomic E-state index is 9.65. The lowest BCUT2D eigenvalue weighted by Crippen LogP contribution is -2.54. The maximum atomic E-state index is 9.65. The molecular formula is C15H31N3O. The Labute approximate surface area is 118 Å². The second-order valence-corrected chi connectivity index (χ2v) is 6.47. The highest BCUT2D eigenvalue weighted by atomic mass is 16.3. The Morgan fingerprint density at radius 2 is 2.05 bits per heavy atom. The van der Waals surface area contributed by atoms with Crippen molar-refractivity contribution in [2.24, 2.45) is 0 Å². The summed E-state index contributed by atoms with van der Waals surface area (Å²) in [7, 11) is 4.24. The summed E-state index contributed by atoms with van der Waals surface area (Å²) in [6.07, 6.45) is 7.44. The van der Waals surface area contributed by atoms with Gasteiger partial charge in [-0.2, -0.15) is 0 Å². The second kappa shape index (κ2) is 7.02. The number of aliphatic hydroxyl groups excluding tert-OH is 1. The highest BCUT2D eigenvalue weighted by molar-refractivity contribution is 4.95. The minimum Gasteiger partial charge on any atom is -0.394 e. The van der Waals surface area contributed by atoms with Gasteiger partial charge in [-0.3, -0.25) is 0 Å². The van der Waals surface area contributed by atoms with E-state index in [4.69, 9.17) is 0 Å². The molecule has 0 spiro atoms. The normalized spacial score (nSPS) is 33.2. The van der Waals surface area contributed by atoms with Crippen molar-refractivity contribution in [3.63, 3.8) is 0 Å². The number of nitrogens with zero attached hydrogens (tertiary/aromatic N) is 2. The smallest absolute Gasteiger partial charge is 0.0613 e. The van der Waals surface area contributed by atoms with Gasteiger partial charge in [-0.05, 0) is 65.7 Å². The van der Waals surface area contributed by atoms with E-state index in [1.165, 1.54) is 45.3 Å². The van der Waals surface area contributed by atoms with Gasteiger partial charge in [0.15, 0.2) is 0 Å². The molecule has 2 unspecified atom stereocenters. The minimum atomic E-state index is -0.0369. The second-order valence-electron chi connectivity index (χ2n) is 6.47. The van der Waals surface area contributed by atoms with E-state index in [0.29, 0.717) is 6.04 Å². The van der Waals surface area contributed by atoms with Crippen molar-refractivity contribution < 1.29 is 5.11 Å². The number of rotatable bonds is 6. The van der Waals surface area contributed by atoms with E-state index in [9.17, 15) is 5.11 Å². The first kappa shape index (κ1) is 15.2. The summed E-state index contributed by atoms with van der Waals surface area (Å²) < 4.78 is 0. The van der Waals surface area contributed by atoms with Crippen molar-refractivity contribution in [1.29, 1.82) is 0 Å². The molecule has 2 rings (SSSR count). The van der Waals surface area contributed by atoms with Gasteiger partial charge >= 0.3 is 0 Å². The van der Waals surface area contributed by atoms with Gasteiger partial charge in [0, 0.05) is 24.7 Å². The Kier molecular flexibility index (Phi) is 5.63. The zero-order chi connectivity index (χ0) is 13.7. The molecule has 0 aromatic carbocycles. The molecule has 2 atom stereocenters. The van der Waals surface area contributed by atoms with E-state index in [2.05, 4.69) is 22.2 Å². The number of hydrogen-bond acceptors (Lipinski definition) is 4. The van der Waals surface area contributed by atoms with Crippen LogP contribution in [-0.4, -0.2) is 73.4 Å². The zero-order valence-corrected chi connectivity index (χ0v) is 12.7.